The van der Waals surface area contributed by atoms with E-state index < -0.39 is 5.76 Å². The number of rotatable bonds is 4. The number of nitrogens with zero attached hydrogens (tertiary/aromatic N) is 4. The van der Waals surface area contributed by atoms with Crippen LogP contribution in [0.1, 0.15) is 0 Å². The molecule has 0 spiro atoms. The number of ether oxygens (including phenoxy) is 1. The molecule has 0 radical (unpaired) electrons. The van der Waals surface area contributed by atoms with Crippen molar-refractivity contribution in [2.75, 3.05) is 19.5 Å². The van der Waals surface area contributed by atoms with Crippen molar-refractivity contribution in [3.8, 4) is 28.3 Å². The van der Waals surface area contributed by atoms with E-state index in [0.717, 1.165) is 27.6 Å². The van der Waals surface area contributed by atoms with Gasteiger partial charge in [0.1, 0.15) is 17.1 Å². The fraction of sp³-hybridized carbons (Fsp3) is 0.130. The van der Waals surface area contributed by atoms with E-state index in [-0.39, 0.29) is 0 Å². The van der Waals surface area contributed by atoms with E-state index in [9.17, 15) is 4.79 Å². The topological polar surface area (TPSA) is 95.1 Å². The van der Waals surface area contributed by atoms with E-state index >= 15 is 0 Å². The molecule has 0 fully saturated rings. The van der Waals surface area contributed by atoms with E-state index in [4.69, 9.17) is 14.1 Å². The molecule has 0 bridgehead atoms. The van der Waals surface area contributed by atoms with Crippen molar-refractivity contribution >= 4 is 27.8 Å². The minimum atomic E-state index is -0.392. The van der Waals surface area contributed by atoms with Gasteiger partial charge in [0.25, 0.3) is 0 Å². The van der Waals surface area contributed by atoms with E-state index in [1.165, 1.54) is 4.57 Å². The molecule has 154 valence electrons. The number of fused-ring (bicyclic) bond motifs is 2. The second-order valence-electron chi connectivity index (χ2n) is 7.07. The van der Waals surface area contributed by atoms with E-state index in [1.807, 2.05) is 49.5 Å². The van der Waals surface area contributed by atoms with Gasteiger partial charge < -0.3 is 14.5 Å². The molecule has 5 rings (SSSR count). The summed E-state index contributed by atoms with van der Waals surface area (Å²) in [6, 6.07) is 13.3. The molecule has 0 aliphatic rings. The molecular weight excluding hydrogens is 394 g/mol. The van der Waals surface area contributed by atoms with Crippen molar-refractivity contribution in [3.63, 3.8) is 0 Å². The van der Waals surface area contributed by atoms with Gasteiger partial charge in [0, 0.05) is 37.4 Å². The number of nitrogens with one attached hydrogen (secondary N) is 1. The maximum absolute atomic E-state index is 11.8. The lowest BCUT2D eigenvalue weighted by Gasteiger charge is -2.13. The Labute approximate surface area is 177 Å². The SMILES string of the molecule is CNc1nc(-c2cccnc2)nc2c(OC)cc(-c3ccc4c(c3)oc(=O)n4C)cc12. The highest BCUT2D eigenvalue weighted by Gasteiger charge is 2.16. The number of pyridine rings is 1. The fourth-order valence-electron chi connectivity index (χ4n) is 3.65. The second-order valence-corrected chi connectivity index (χ2v) is 7.07. The van der Waals surface area contributed by atoms with E-state index in [1.54, 1.807) is 26.6 Å². The van der Waals surface area contributed by atoms with Crippen LogP contribution in [0, 0.1) is 0 Å². The second kappa shape index (κ2) is 7.24. The van der Waals surface area contributed by atoms with Crippen LogP contribution in [0.4, 0.5) is 5.82 Å². The van der Waals surface area contributed by atoms with E-state index in [2.05, 4.69) is 15.3 Å². The zero-order valence-corrected chi connectivity index (χ0v) is 17.2. The lowest BCUT2D eigenvalue weighted by molar-refractivity contribution is 0.419. The molecule has 3 heterocycles. The predicted molar refractivity (Wildman–Crippen MR) is 119 cm³/mol. The normalized spacial score (nSPS) is 11.2. The fourth-order valence-corrected chi connectivity index (χ4v) is 3.65. The Kier molecular flexibility index (Phi) is 4.39. The Bertz CT molecular complexity index is 1490. The van der Waals surface area contributed by atoms with Gasteiger partial charge in [-0.25, -0.2) is 14.8 Å². The Hall–Kier alpha value is -4.20. The molecule has 0 saturated heterocycles. The molecule has 31 heavy (non-hydrogen) atoms. The van der Waals surface area contributed by atoms with Gasteiger partial charge >= 0.3 is 5.76 Å². The smallest absolute Gasteiger partial charge is 0.419 e. The number of methoxy groups -OCH3 is 1. The van der Waals surface area contributed by atoms with Crippen LogP contribution in [-0.2, 0) is 7.05 Å². The van der Waals surface area contributed by atoms with Crippen molar-refractivity contribution in [1.82, 2.24) is 19.5 Å². The van der Waals surface area contributed by atoms with Crippen LogP contribution < -0.4 is 15.8 Å². The molecule has 2 aromatic carbocycles. The van der Waals surface area contributed by atoms with Crippen molar-refractivity contribution in [3.05, 3.63) is 65.4 Å². The molecule has 1 N–H and O–H groups in total. The van der Waals surface area contributed by atoms with Gasteiger partial charge in [-0.3, -0.25) is 9.55 Å². The summed E-state index contributed by atoms with van der Waals surface area (Å²) in [6.45, 7) is 0. The standard InChI is InChI=1S/C23H19N5O3/c1-24-22-16-9-15(13-6-7-17-18(10-13)31-23(29)28(17)2)11-19(30-3)20(16)26-21(27-22)14-5-4-8-25-12-14/h4-12H,1-3H3,(H,24,26,27). The first-order chi connectivity index (χ1) is 15.1. The zero-order valence-electron chi connectivity index (χ0n) is 17.2. The first-order valence-electron chi connectivity index (χ1n) is 9.67. The number of oxazole rings is 1. The maximum atomic E-state index is 11.8. The molecule has 0 atom stereocenters. The summed E-state index contributed by atoms with van der Waals surface area (Å²) < 4.78 is 12.5. The van der Waals surface area contributed by atoms with Crippen LogP contribution in [-0.4, -0.2) is 33.7 Å². The van der Waals surface area contributed by atoms with Crippen LogP contribution in [0.3, 0.4) is 0 Å². The first-order valence-corrected chi connectivity index (χ1v) is 9.67. The van der Waals surface area contributed by atoms with Crippen LogP contribution in [0.15, 0.2) is 64.1 Å². The third-order valence-corrected chi connectivity index (χ3v) is 5.27. The highest BCUT2D eigenvalue weighted by molar-refractivity contribution is 5.98. The highest BCUT2D eigenvalue weighted by atomic mass is 16.5. The van der Waals surface area contributed by atoms with Crippen LogP contribution in [0.5, 0.6) is 5.75 Å². The summed E-state index contributed by atoms with van der Waals surface area (Å²) in [7, 11) is 5.12. The molecular formula is C23H19N5O3. The minimum Gasteiger partial charge on any atom is -0.494 e. The van der Waals surface area contributed by atoms with Crippen molar-refractivity contribution in [2.45, 2.75) is 0 Å². The Morgan fingerprint density at radius 1 is 1.06 bits per heavy atom. The number of benzene rings is 2. The quantitative estimate of drug-likeness (QED) is 0.478. The van der Waals surface area contributed by atoms with Gasteiger partial charge in [0.2, 0.25) is 0 Å². The lowest BCUT2D eigenvalue weighted by atomic mass is 10.0. The number of aryl methyl sites for hydroxylation is 1. The molecule has 3 aromatic heterocycles. The summed E-state index contributed by atoms with van der Waals surface area (Å²) in [5, 5.41) is 3.98. The molecule has 0 saturated carbocycles. The molecule has 8 heteroatoms. The summed E-state index contributed by atoms with van der Waals surface area (Å²) in [4.78, 5) is 25.4. The van der Waals surface area contributed by atoms with Crippen LogP contribution >= 0.6 is 0 Å². The number of hydrogen-bond donors (Lipinski definition) is 1. The van der Waals surface area contributed by atoms with Crippen LogP contribution in [0.25, 0.3) is 44.5 Å². The van der Waals surface area contributed by atoms with Gasteiger partial charge in [-0.2, -0.15) is 0 Å². The van der Waals surface area contributed by atoms with Gasteiger partial charge in [-0.15, -0.1) is 0 Å². The van der Waals surface area contributed by atoms with E-state index in [0.29, 0.717) is 28.5 Å². The monoisotopic (exact) mass is 413 g/mol. The van der Waals surface area contributed by atoms with Crippen LogP contribution in [0.2, 0.25) is 0 Å². The lowest BCUT2D eigenvalue weighted by Crippen LogP contribution is -2.08. The largest absolute Gasteiger partial charge is 0.494 e. The Morgan fingerprint density at radius 3 is 2.68 bits per heavy atom. The molecule has 0 amide bonds. The number of anilines is 1. The minimum absolute atomic E-state index is 0.392. The molecule has 0 aliphatic carbocycles. The van der Waals surface area contributed by atoms with Crippen molar-refractivity contribution in [1.29, 1.82) is 0 Å². The van der Waals surface area contributed by atoms with Gasteiger partial charge in [-0.05, 0) is 47.5 Å². The summed E-state index contributed by atoms with van der Waals surface area (Å²) in [6.07, 6.45) is 3.44. The van der Waals surface area contributed by atoms with Gasteiger partial charge in [0.15, 0.2) is 11.4 Å². The molecule has 5 aromatic rings. The molecule has 8 nitrogen and oxygen atoms in total. The summed E-state index contributed by atoms with van der Waals surface area (Å²) in [5.41, 5.74) is 4.56. The maximum Gasteiger partial charge on any atom is 0.419 e. The summed E-state index contributed by atoms with van der Waals surface area (Å²) >= 11 is 0. The van der Waals surface area contributed by atoms with Crippen molar-refractivity contribution in [2.24, 2.45) is 7.05 Å². The average molecular weight is 413 g/mol. The van der Waals surface area contributed by atoms with Gasteiger partial charge in [0.05, 0.1) is 12.6 Å². The Morgan fingerprint density at radius 2 is 1.94 bits per heavy atom. The summed E-state index contributed by atoms with van der Waals surface area (Å²) in [5.74, 6) is 1.46. The van der Waals surface area contributed by atoms with Crippen molar-refractivity contribution < 1.29 is 9.15 Å². The highest BCUT2D eigenvalue weighted by Crippen LogP contribution is 2.36. The average Bonchev–Trinajstić information content (AvgIpc) is 3.10. The number of hydrogen-bond acceptors (Lipinski definition) is 7. The molecule has 0 unspecified atom stereocenters. The third kappa shape index (κ3) is 3.09. The van der Waals surface area contributed by atoms with Gasteiger partial charge in [-0.1, -0.05) is 6.07 Å². The first kappa shape index (κ1) is 18.8. The predicted octanol–water partition coefficient (Wildman–Crippen LogP) is 3.85. The number of aromatic nitrogens is 4. The molecule has 0 aliphatic heterocycles. The zero-order chi connectivity index (χ0) is 21.5. The third-order valence-electron chi connectivity index (χ3n) is 5.27. The Balaban J connectivity index is 1.73.